The Hall–Kier alpha value is -1.10. The van der Waals surface area contributed by atoms with Crippen LogP contribution in [0.2, 0.25) is 0 Å². The highest BCUT2D eigenvalue weighted by atomic mass is 16.5. The maximum atomic E-state index is 12.2. The summed E-state index contributed by atoms with van der Waals surface area (Å²) in [4.78, 5) is 25.2. The smallest absolute Gasteiger partial charge is 0.244 e. The second-order valence-corrected chi connectivity index (χ2v) is 4.61. The average molecular weight is 242 g/mol. The fraction of sp³-hybridized carbons (Fsp3) is 0.833. The van der Waals surface area contributed by atoms with Gasteiger partial charge in [-0.25, -0.2) is 5.48 Å². The van der Waals surface area contributed by atoms with Crippen molar-refractivity contribution >= 4 is 11.8 Å². The van der Waals surface area contributed by atoms with E-state index in [-0.39, 0.29) is 18.2 Å². The minimum Gasteiger partial charge on any atom is -0.342 e. The van der Waals surface area contributed by atoms with Crippen LogP contribution in [-0.4, -0.2) is 35.0 Å². The van der Waals surface area contributed by atoms with Gasteiger partial charge >= 0.3 is 0 Å². The topological polar surface area (TPSA) is 69.6 Å². The van der Waals surface area contributed by atoms with Crippen LogP contribution in [0.4, 0.5) is 0 Å². The van der Waals surface area contributed by atoms with Gasteiger partial charge in [0.05, 0.1) is 0 Å². The Labute approximate surface area is 102 Å². The molecule has 17 heavy (non-hydrogen) atoms. The zero-order valence-corrected chi connectivity index (χ0v) is 10.4. The maximum absolute atomic E-state index is 12.2. The summed E-state index contributed by atoms with van der Waals surface area (Å²) in [7, 11) is 0. The summed E-state index contributed by atoms with van der Waals surface area (Å²) >= 11 is 0. The van der Waals surface area contributed by atoms with Gasteiger partial charge in [-0.1, -0.05) is 19.8 Å². The lowest BCUT2D eigenvalue weighted by Gasteiger charge is -2.22. The molecule has 1 atom stereocenters. The van der Waals surface area contributed by atoms with Crippen molar-refractivity contribution in [3.63, 3.8) is 0 Å². The van der Waals surface area contributed by atoms with Crippen molar-refractivity contribution in [2.24, 2.45) is 5.92 Å². The van der Waals surface area contributed by atoms with Crippen molar-refractivity contribution in [3.05, 3.63) is 0 Å². The molecular formula is C12H22N2O3. The Kier molecular flexibility index (Phi) is 5.97. The second kappa shape index (κ2) is 7.27. The lowest BCUT2D eigenvalue weighted by atomic mass is 9.96. The largest absolute Gasteiger partial charge is 0.342 e. The number of nitrogens with one attached hydrogen (secondary N) is 1. The molecule has 2 N–H and O–H groups in total. The summed E-state index contributed by atoms with van der Waals surface area (Å²) < 4.78 is 0. The molecule has 1 saturated heterocycles. The fourth-order valence-corrected chi connectivity index (χ4v) is 2.23. The number of carbonyl (C=O) groups excluding carboxylic acids is 2. The Morgan fingerprint density at radius 2 is 2.00 bits per heavy atom. The van der Waals surface area contributed by atoms with E-state index in [4.69, 9.17) is 5.21 Å². The molecule has 0 unspecified atom stereocenters. The van der Waals surface area contributed by atoms with Crippen molar-refractivity contribution in [1.82, 2.24) is 10.4 Å². The zero-order chi connectivity index (χ0) is 12.7. The average Bonchev–Trinajstić information content (AvgIpc) is 2.86. The van der Waals surface area contributed by atoms with Crippen molar-refractivity contribution in [1.29, 1.82) is 0 Å². The first kappa shape index (κ1) is 14.0. The van der Waals surface area contributed by atoms with Crippen LogP contribution in [0, 0.1) is 5.92 Å². The van der Waals surface area contributed by atoms with E-state index >= 15 is 0 Å². The molecule has 2 amide bonds. The van der Waals surface area contributed by atoms with E-state index in [2.05, 4.69) is 6.92 Å². The molecule has 1 aliphatic heterocycles. The zero-order valence-electron chi connectivity index (χ0n) is 10.4. The van der Waals surface area contributed by atoms with Crippen LogP contribution >= 0.6 is 0 Å². The minimum atomic E-state index is -0.473. The lowest BCUT2D eigenvalue weighted by molar-refractivity contribution is -0.140. The van der Waals surface area contributed by atoms with Gasteiger partial charge in [0.1, 0.15) is 0 Å². The molecule has 1 aliphatic rings. The summed E-state index contributed by atoms with van der Waals surface area (Å²) in [5.41, 5.74) is 1.61. The SMILES string of the molecule is CCCC[C@H](CC(=O)NO)C(=O)N1CCCC1. The number of rotatable bonds is 6. The molecule has 5 nitrogen and oxygen atoms in total. The molecule has 5 heteroatoms. The van der Waals surface area contributed by atoms with Gasteiger partial charge in [-0.2, -0.15) is 0 Å². The Morgan fingerprint density at radius 1 is 1.35 bits per heavy atom. The second-order valence-electron chi connectivity index (χ2n) is 4.61. The molecule has 0 aromatic rings. The van der Waals surface area contributed by atoms with Crippen LogP contribution < -0.4 is 5.48 Å². The number of carbonyl (C=O) groups is 2. The lowest BCUT2D eigenvalue weighted by Crippen LogP contribution is -2.36. The Balaban J connectivity index is 2.53. The number of nitrogens with zero attached hydrogens (tertiary/aromatic N) is 1. The van der Waals surface area contributed by atoms with Gasteiger partial charge in [-0.15, -0.1) is 0 Å². The van der Waals surface area contributed by atoms with Crippen LogP contribution in [0.25, 0.3) is 0 Å². The van der Waals surface area contributed by atoms with E-state index in [1.54, 1.807) is 5.48 Å². The van der Waals surface area contributed by atoms with E-state index in [0.717, 1.165) is 45.2 Å². The summed E-state index contributed by atoms with van der Waals surface area (Å²) in [6, 6.07) is 0. The first-order chi connectivity index (χ1) is 8.19. The number of hydrogen-bond donors (Lipinski definition) is 2. The summed E-state index contributed by atoms with van der Waals surface area (Å²) in [6.45, 7) is 3.67. The highest BCUT2D eigenvalue weighted by molar-refractivity contribution is 5.85. The van der Waals surface area contributed by atoms with Crippen LogP contribution in [0.3, 0.4) is 0 Å². The number of unbranched alkanes of at least 4 members (excludes halogenated alkanes) is 1. The summed E-state index contributed by atoms with van der Waals surface area (Å²) in [5, 5.41) is 8.53. The molecule has 0 spiro atoms. The van der Waals surface area contributed by atoms with Crippen molar-refractivity contribution < 1.29 is 14.8 Å². The summed E-state index contributed by atoms with van der Waals surface area (Å²) in [6.07, 6.45) is 4.86. The highest BCUT2D eigenvalue weighted by Gasteiger charge is 2.27. The molecule has 0 bridgehead atoms. The first-order valence-electron chi connectivity index (χ1n) is 6.40. The van der Waals surface area contributed by atoms with E-state index in [0.29, 0.717) is 0 Å². The highest BCUT2D eigenvalue weighted by Crippen LogP contribution is 2.19. The fourth-order valence-electron chi connectivity index (χ4n) is 2.23. The third-order valence-corrected chi connectivity index (χ3v) is 3.23. The monoisotopic (exact) mass is 242 g/mol. The normalized spacial score (nSPS) is 16.9. The van der Waals surface area contributed by atoms with Crippen molar-refractivity contribution in [3.8, 4) is 0 Å². The van der Waals surface area contributed by atoms with Crippen LogP contribution in [-0.2, 0) is 9.59 Å². The Bertz CT molecular complexity index is 262. The molecule has 0 radical (unpaired) electrons. The number of hydrogen-bond acceptors (Lipinski definition) is 3. The molecule has 0 aromatic heterocycles. The standard InChI is InChI=1S/C12H22N2O3/c1-2-3-6-10(9-11(15)13-17)12(16)14-7-4-5-8-14/h10,17H,2-9H2,1H3,(H,13,15)/t10-/m1/s1. The molecule has 0 aromatic carbocycles. The third-order valence-electron chi connectivity index (χ3n) is 3.23. The molecule has 1 heterocycles. The van der Waals surface area contributed by atoms with Crippen molar-refractivity contribution in [2.75, 3.05) is 13.1 Å². The third kappa shape index (κ3) is 4.34. The van der Waals surface area contributed by atoms with Gasteiger partial charge in [0, 0.05) is 25.4 Å². The van der Waals surface area contributed by atoms with E-state index in [1.165, 1.54) is 0 Å². The van der Waals surface area contributed by atoms with E-state index in [9.17, 15) is 9.59 Å². The molecule has 0 aliphatic carbocycles. The number of hydroxylamine groups is 1. The molecular weight excluding hydrogens is 220 g/mol. The Morgan fingerprint density at radius 3 is 2.53 bits per heavy atom. The van der Waals surface area contributed by atoms with Gasteiger partial charge in [0.25, 0.3) is 0 Å². The quantitative estimate of drug-likeness (QED) is 0.545. The van der Waals surface area contributed by atoms with Gasteiger partial charge in [-0.05, 0) is 19.3 Å². The van der Waals surface area contributed by atoms with Crippen LogP contribution in [0.15, 0.2) is 0 Å². The predicted octanol–water partition coefficient (Wildman–Crippen LogP) is 1.31. The van der Waals surface area contributed by atoms with Gasteiger partial charge in [-0.3, -0.25) is 14.8 Å². The number of amides is 2. The first-order valence-corrected chi connectivity index (χ1v) is 6.40. The number of likely N-dealkylation sites (tertiary alicyclic amines) is 1. The van der Waals surface area contributed by atoms with Crippen LogP contribution in [0.1, 0.15) is 45.4 Å². The molecule has 0 saturated carbocycles. The summed E-state index contributed by atoms with van der Waals surface area (Å²) in [5.74, 6) is -0.682. The van der Waals surface area contributed by atoms with Gasteiger partial charge < -0.3 is 4.90 Å². The maximum Gasteiger partial charge on any atom is 0.244 e. The van der Waals surface area contributed by atoms with Gasteiger partial charge in [0.2, 0.25) is 11.8 Å². The minimum absolute atomic E-state index is 0.0690. The van der Waals surface area contributed by atoms with Crippen LogP contribution in [0.5, 0.6) is 0 Å². The molecule has 1 fully saturated rings. The van der Waals surface area contributed by atoms with Crippen molar-refractivity contribution in [2.45, 2.75) is 45.4 Å². The molecule has 1 rings (SSSR count). The van der Waals surface area contributed by atoms with E-state index < -0.39 is 5.91 Å². The van der Waals surface area contributed by atoms with Gasteiger partial charge in [0.15, 0.2) is 0 Å². The van der Waals surface area contributed by atoms with E-state index in [1.807, 2.05) is 4.90 Å². The molecule has 98 valence electrons. The predicted molar refractivity (Wildman–Crippen MR) is 63.4 cm³/mol.